The minimum absolute atomic E-state index is 0.0139. The summed E-state index contributed by atoms with van der Waals surface area (Å²) in [6.45, 7) is 10.4. The third-order valence-corrected chi connectivity index (χ3v) is 10.1. The molecule has 0 aliphatic carbocycles. The van der Waals surface area contributed by atoms with Crippen molar-refractivity contribution in [2.75, 3.05) is 34.4 Å². The fourth-order valence-electron chi connectivity index (χ4n) is 6.88. The van der Waals surface area contributed by atoms with Crippen molar-refractivity contribution in [1.29, 1.82) is 0 Å². The second kappa shape index (κ2) is 17.6. The van der Waals surface area contributed by atoms with Crippen LogP contribution in [0.3, 0.4) is 0 Å². The average Bonchev–Trinajstić information content (AvgIpc) is 3.58. The first-order valence-corrected chi connectivity index (χ1v) is 17.1. The molecule has 1 aromatic rings. The third-order valence-electron chi connectivity index (χ3n) is 10.1. The zero-order chi connectivity index (χ0) is 38.1. The van der Waals surface area contributed by atoms with Crippen LogP contribution in [0.5, 0.6) is 0 Å². The molecule has 0 aromatic carbocycles. The number of hydrogen-bond donors (Lipinski definition) is 4. The predicted octanol–water partition coefficient (Wildman–Crippen LogP) is 2.75. The number of nitrogens with one attached hydrogen (secondary N) is 1. The highest BCUT2D eigenvalue weighted by atomic mass is 16.6. The number of hydrogen-bond acceptors (Lipinski definition) is 11. The zero-order valence-corrected chi connectivity index (χ0v) is 31.2. The lowest BCUT2D eigenvalue weighted by molar-refractivity contribution is -0.264. The van der Waals surface area contributed by atoms with Crippen LogP contribution in [0.15, 0.2) is 70.9 Å². The largest absolute Gasteiger partial charge is 0.455 e. The lowest BCUT2D eigenvalue weighted by atomic mass is 9.65. The number of likely N-dealkylation sites (tertiary alicyclic amines) is 1. The number of rotatable bonds is 18. The van der Waals surface area contributed by atoms with Crippen LogP contribution in [0, 0.1) is 24.2 Å². The number of aliphatic hydroxyl groups excluding tert-OH is 2. The number of aliphatic hydroxyl groups is 3. The van der Waals surface area contributed by atoms with Crippen molar-refractivity contribution in [3.05, 3.63) is 78.1 Å². The van der Waals surface area contributed by atoms with Gasteiger partial charge in [0.25, 0.3) is 0 Å². The number of aromatic nitrogens is 1. The van der Waals surface area contributed by atoms with Gasteiger partial charge in [-0.2, -0.15) is 0 Å². The van der Waals surface area contributed by atoms with E-state index < -0.39 is 64.7 Å². The zero-order valence-electron chi connectivity index (χ0n) is 31.2. The molecule has 1 spiro atoms. The number of nitrogens with zero attached hydrogens (tertiary/aromatic N) is 2. The van der Waals surface area contributed by atoms with Crippen LogP contribution in [-0.4, -0.2) is 113 Å². The van der Waals surface area contributed by atoms with E-state index in [0.29, 0.717) is 17.9 Å². The Hall–Kier alpha value is -3.88. The normalized spacial score (nSPS) is 26.8. The van der Waals surface area contributed by atoms with E-state index >= 15 is 0 Å². The fourth-order valence-corrected chi connectivity index (χ4v) is 6.88. The summed E-state index contributed by atoms with van der Waals surface area (Å²) in [5, 5.41) is 36.8. The molecule has 51 heavy (non-hydrogen) atoms. The van der Waals surface area contributed by atoms with Crippen LogP contribution < -0.4 is 5.32 Å². The van der Waals surface area contributed by atoms with Crippen LogP contribution in [-0.2, 0) is 35.0 Å². The number of carbonyl (C=O) groups excluding carboxylic acids is 3. The van der Waals surface area contributed by atoms with Gasteiger partial charge in [0.05, 0.1) is 42.4 Å². The second-order valence-corrected chi connectivity index (χ2v) is 13.9. The molecule has 8 unspecified atom stereocenters. The maximum absolute atomic E-state index is 13.1. The lowest BCUT2D eigenvalue weighted by Crippen LogP contribution is -2.81. The molecule has 3 heterocycles. The van der Waals surface area contributed by atoms with Gasteiger partial charge >= 0.3 is 5.97 Å². The number of esters is 1. The number of cyclic esters (lactones) is 1. The quantitative estimate of drug-likeness (QED) is 0.130. The molecule has 4 N–H and O–H groups in total. The van der Waals surface area contributed by atoms with Crippen molar-refractivity contribution < 1.29 is 48.3 Å². The van der Waals surface area contributed by atoms with E-state index in [1.807, 2.05) is 18.2 Å². The van der Waals surface area contributed by atoms with Gasteiger partial charge in [-0.1, -0.05) is 68.5 Å². The van der Waals surface area contributed by atoms with Gasteiger partial charge in [-0.15, -0.1) is 0 Å². The molecule has 13 nitrogen and oxygen atoms in total. The summed E-state index contributed by atoms with van der Waals surface area (Å²) in [6.07, 6.45) is 14.4. The van der Waals surface area contributed by atoms with Gasteiger partial charge in [0.1, 0.15) is 11.4 Å². The molecule has 0 saturated carbocycles. The van der Waals surface area contributed by atoms with Crippen molar-refractivity contribution in [2.24, 2.45) is 17.3 Å². The van der Waals surface area contributed by atoms with Crippen LogP contribution in [0.4, 0.5) is 0 Å². The van der Waals surface area contributed by atoms with Crippen molar-refractivity contribution >= 4 is 17.8 Å². The van der Waals surface area contributed by atoms with E-state index in [1.54, 1.807) is 84.2 Å². The first kappa shape index (κ1) is 41.5. The second-order valence-electron chi connectivity index (χ2n) is 13.9. The Morgan fingerprint density at radius 2 is 1.84 bits per heavy atom. The van der Waals surface area contributed by atoms with Gasteiger partial charge in [0.15, 0.2) is 12.0 Å². The molecule has 2 fully saturated rings. The first-order valence-electron chi connectivity index (χ1n) is 17.1. The van der Waals surface area contributed by atoms with Crippen LogP contribution in [0.1, 0.15) is 52.7 Å². The van der Waals surface area contributed by atoms with Crippen molar-refractivity contribution in [1.82, 2.24) is 15.2 Å². The van der Waals surface area contributed by atoms with Crippen LogP contribution in [0.25, 0.3) is 0 Å². The van der Waals surface area contributed by atoms with E-state index in [9.17, 15) is 29.7 Å². The lowest BCUT2D eigenvalue weighted by Gasteiger charge is -2.56. The highest BCUT2D eigenvalue weighted by Gasteiger charge is 2.81. The highest BCUT2D eigenvalue weighted by Crippen LogP contribution is 2.54. The van der Waals surface area contributed by atoms with Gasteiger partial charge in [0, 0.05) is 41.2 Å². The number of ether oxygens (including phenoxy) is 3. The average molecular weight is 714 g/mol. The van der Waals surface area contributed by atoms with E-state index in [1.165, 1.54) is 26.2 Å². The molecule has 282 valence electrons. The Morgan fingerprint density at radius 1 is 1.16 bits per heavy atom. The standard InChI is InChI=1S/C38H55N3O10/c1-24(17-13-10-11-14-18-28-22-40-27(4)50-28)32(43)36(5,6)34(45)39-20-16-12-15-19-29(42)25(2)21-30(49-9)38(47)26(3)33(44)41(7)37(38)31(23-48-8)51-35(37)46/h10-17,19,22,25-26,29-32,42-43,47H,18,20-21,23H2,1-9H3,(H,39,45)/b13-10-,14-11+,16-12+,19-15+,24-17-. The number of allylic oxidation sites excluding steroid dienone is 7. The summed E-state index contributed by atoms with van der Waals surface area (Å²) >= 11 is 0. The summed E-state index contributed by atoms with van der Waals surface area (Å²) < 4.78 is 21.7. The van der Waals surface area contributed by atoms with Gasteiger partial charge in [-0.05, 0) is 38.7 Å². The minimum Gasteiger partial charge on any atom is -0.455 e. The molecular formula is C38H55N3O10. The molecule has 13 heteroatoms. The number of amides is 2. The monoisotopic (exact) mass is 713 g/mol. The van der Waals surface area contributed by atoms with Gasteiger partial charge in [-0.3, -0.25) is 9.59 Å². The smallest absolute Gasteiger partial charge is 0.339 e. The SMILES string of the molecule is COCC1OC(=O)C12N(C)C(=O)C(C)C2(O)C(CC(C)C(O)/C=C/C=C/CNC(=O)C(C)(C)C(O)\C(C)=C/C=C\C=C\Cc1cnc(C)o1)OC. The van der Waals surface area contributed by atoms with E-state index in [4.69, 9.17) is 18.6 Å². The summed E-state index contributed by atoms with van der Waals surface area (Å²) in [7, 11) is 4.30. The molecule has 8 atom stereocenters. The van der Waals surface area contributed by atoms with Crippen LogP contribution in [0.2, 0.25) is 0 Å². The maximum atomic E-state index is 13.1. The third kappa shape index (κ3) is 8.44. The molecule has 2 saturated heterocycles. The first-order chi connectivity index (χ1) is 24.0. The molecule has 2 aliphatic heterocycles. The van der Waals surface area contributed by atoms with Crippen molar-refractivity contribution in [3.8, 4) is 0 Å². The summed E-state index contributed by atoms with van der Waals surface area (Å²) in [5.41, 5.74) is -4.08. The van der Waals surface area contributed by atoms with Gasteiger partial charge in [-0.25, -0.2) is 9.78 Å². The number of aryl methyl sites for hydroxylation is 1. The molecule has 2 amide bonds. The maximum Gasteiger partial charge on any atom is 0.339 e. The van der Waals surface area contributed by atoms with Crippen molar-refractivity contribution in [2.45, 2.75) is 89.9 Å². The molecular weight excluding hydrogens is 658 g/mol. The van der Waals surface area contributed by atoms with Gasteiger partial charge < -0.3 is 44.2 Å². The Labute approximate surface area is 300 Å². The Kier molecular flexibility index (Phi) is 14.3. The van der Waals surface area contributed by atoms with E-state index in [2.05, 4.69) is 10.3 Å². The van der Waals surface area contributed by atoms with E-state index in [-0.39, 0.29) is 25.5 Å². The number of methoxy groups -OCH3 is 2. The number of oxazole rings is 1. The van der Waals surface area contributed by atoms with Crippen molar-refractivity contribution in [3.63, 3.8) is 0 Å². The molecule has 0 radical (unpaired) electrons. The summed E-state index contributed by atoms with van der Waals surface area (Å²) in [5.74, 6) is -1.50. The molecule has 2 aliphatic rings. The summed E-state index contributed by atoms with van der Waals surface area (Å²) in [4.78, 5) is 44.3. The topological polar surface area (TPSA) is 181 Å². The van der Waals surface area contributed by atoms with Crippen LogP contribution >= 0.6 is 0 Å². The van der Waals surface area contributed by atoms with E-state index in [0.717, 1.165) is 5.76 Å². The molecule has 3 rings (SSSR count). The minimum atomic E-state index is -1.94. The summed E-state index contributed by atoms with van der Waals surface area (Å²) in [6, 6.07) is 0. The van der Waals surface area contributed by atoms with Gasteiger partial charge in [0.2, 0.25) is 17.4 Å². The predicted molar refractivity (Wildman–Crippen MR) is 190 cm³/mol. The highest BCUT2D eigenvalue weighted by molar-refractivity contribution is 6.00. The Balaban J connectivity index is 1.52. The Bertz CT molecular complexity index is 1530. The fraction of sp³-hybridized carbons (Fsp3) is 0.579. The Morgan fingerprint density at radius 3 is 2.45 bits per heavy atom. The number of likely N-dealkylation sites (N-methyl/N-ethyl adjacent to an activating group) is 1. The molecule has 1 aromatic heterocycles. The number of carbonyl (C=O) groups is 3. The molecule has 0 bridgehead atoms.